The Kier molecular flexibility index (Phi) is 3.77. The molecule has 0 unspecified atom stereocenters. The van der Waals surface area contributed by atoms with E-state index in [0.29, 0.717) is 0 Å². The normalized spacial score (nSPS) is 11.4. The minimum atomic E-state index is 0.242. The maximum Gasteiger partial charge on any atom is 0.216 e. The molecule has 0 saturated carbocycles. The Morgan fingerprint density at radius 2 is 1.88 bits per heavy atom. The number of hydrogen-bond donors (Lipinski definition) is 0. The number of benzene rings is 2. The van der Waals surface area contributed by atoms with Crippen LogP contribution in [0.4, 0.5) is 0 Å². The molecule has 0 aliphatic heterocycles. The van der Waals surface area contributed by atoms with E-state index in [0.717, 1.165) is 44.3 Å². The Balaban J connectivity index is 2.19. The highest BCUT2D eigenvalue weighted by Crippen LogP contribution is 2.40. The van der Waals surface area contributed by atoms with Crippen molar-refractivity contribution in [2.45, 2.75) is 26.7 Å². The minimum absolute atomic E-state index is 0.242. The van der Waals surface area contributed by atoms with Crippen LogP contribution in [-0.2, 0) is 7.05 Å². The number of furan rings is 1. The van der Waals surface area contributed by atoms with Gasteiger partial charge in [0.05, 0.1) is 17.2 Å². The summed E-state index contributed by atoms with van der Waals surface area (Å²) >= 11 is 0. The van der Waals surface area contributed by atoms with Crippen molar-refractivity contribution in [3.63, 3.8) is 0 Å². The van der Waals surface area contributed by atoms with Crippen LogP contribution in [0.5, 0.6) is 0 Å². The average molecular weight is 341 g/mol. The molecule has 3 heteroatoms. The van der Waals surface area contributed by atoms with E-state index < -0.39 is 0 Å². The summed E-state index contributed by atoms with van der Waals surface area (Å²) in [6, 6.07) is 16.6. The van der Waals surface area contributed by atoms with Gasteiger partial charge in [-0.25, -0.2) is 4.57 Å². The molecule has 0 radical (unpaired) electrons. The lowest BCUT2D eigenvalue weighted by atomic mass is 9.91. The summed E-state index contributed by atoms with van der Waals surface area (Å²) in [5.74, 6) is 0.242. The van der Waals surface area contributed by atoms with Crippen molar-refractivity contribution in [3.05, 3.63) is 65.4 Å². The Morgan fingerprint density at radius 3 is 2.58 bits per heavy atom. The van der Waals surface area contributed by atoms with E-state index in [9.17, 15) is 5.26 Å². The van der Waals surface area contributed by atoms with Crippen LogP contribution in [-0.4, -0.2) is 0 Å². The molecular weight excluding hydrogens is 320 g/mol. The molecule has 2 aromatic carbocycles. The molecule has 26 heavy (non-hydrogen) atoms. The lowest BCUT2D eigenvalue weighted by Crippen LogP contribution is -2.30. The molecule has 0 spiro atoms. The molecule has 0 fully saturated rings. The van der Waals surface area contributed by atoms with E-state index >= 15 is 0 Å². The highest BCUT2D eigenvalue weighted by atomic mass is 16.3. The molecule has 0 bridgehead atoms. The molecule has 0 saturated heterocycles. The van der Waals surface area contributed by atoms with Gasteiger partial charge in [-0.05, 0) is 42.2 Å². The van der Waals surface area contributed by atoms with Crippen molar-refractivity contribution in [1.29, 1.82) is 5.26 Å². The van der Waals surface area contributed by atoms with E-state index in [2.05, 4.69) is 49.6 Å². The highest BCUT2D eigenvalue weighted by Gasteiger charge is 2.23. The summed E-state index contributed by atoms with van der Waals surface area (Å²) in [5, 5.41) is 11.7. The molecule has 0 amide bonds. The van der Waals surface area contributed by atoms with Crippen molar-refractivity contribution in [3.8, 4) is 17.3 Å². The van der Waals surface area contributed by atoms with E-state index in [1.165, 1.54) is 5.56 Å². The van der Waals surface area contributed by atoms with Crippen molar-refractivity contribution in [2.24, 2.45) is 7.05 Å². The molecule has 2 heterocycles. The largest absolute Gasteiger partial charge is 0.455 e. The standard InChI is InChI=1S/C23H21N2O/c1-14(2)20-16(13-24)9-11-19-22(20)17-10-8-15(3)21(23(17)26-19)18-7-5-6-12-25(18)4/h5-12,14H,1-4H3/q+1. The van der Waals surface area contributed by atoms with E-state index in [1.807, 2.05) is 37.5 Å². The predicted molar refractivity (Wildman–Crippen MR) is 104 cm³/mol. The van der Waals surface area contributed by atoms with Crippen molar-refractivity contribution in [2.75, 3.05) is 0 Å². The zero-order valence-corrected chi connectivity index (χ0v) is 15.5. The maximum atomic E-state index is 9.57. The predicted octanol–water partition coefficient (Wildman–Crippen LogP) is 5.38. The molecule has 4 rings (SSSR count). The number of rotatable bonds is 2. The number of aryl methyl sites for hydroxylation is 2. The lowest BCUT2D eigenvalue weighted by molar-refractivity contribution is -0.660. The summed E-state index contributed by atoms with van der Waals surface area (Å²) in [6.45, 7) is 6.36. The monoisotopic (exact) mass is 341 g/mol. The van der Waals surface area contributed by atoms with Gasteiger partial charge in [0.25, 0.3) is 0 Å². The third-order valence-corrected chi connectivity index (χ3v) is 5.06. The van der Waals surface area contributed by atoms with Gasteiger partial charge < -0.3 is 4.42 Å². The van der Waals surface area contributed by atoms with Gasteiger partial charge in [0.15, 0.2) is 6.20 Å². The number of aromatic nitrogens is 1. The van der Waals surface area contributed by atoms with Crippen LogP contribution in [0.2, 0.25) is 0 Å². The molecule has 3 nitrogen and oxygen atoms in total. The van der Waals surface area contributed by atoms with Crippen molar-refractivity contribution >= 4 is 21.9 Å². The first-order chi connectivity index (χ1) is 12.5. The molecule has 0 aliphatic carbocycles. The minimum Gasteiger partial charge on any atom is -0.455 e. The van der Waals surface area contributed by atoms with Crippen LogP contribution < -0.4 is 4.57 Å². The van der Waals surface area contributed by atoms with Crippen LogP contribution in [0.25, 0.3) is 33.2 Å². The summed E-state index contributed by atoms with van der Waals surface area (Å²) in [5.41, 5.74) is 6.91. The topological polar surface area (TPSA) is 40.8 Å². The van der Waals surface area contributed by atoms with Gasteiger partial charge in [0, 0.05) is 22.9 Å². The first-order valence-electron chi connectivity index (χ1n) is 8.86. The van der Waals surface area contributed by atoms with E-state index in [1.54, 1.807) is 0 Å². The quantitative estimate of drug-likeness (QED) is 0.459. The number of nitrogens with zero attached hydrogens (tertiary/aromatic N) is 2. The fraction of sp³-hybridized carbons (Fsp3) is 0.217. The third kappa shape index (κ3) is 2.30. The second-order valence-corrected chi connectivity index (χ2v) is 7.10. The fourth-order valence-corrected chi connectivity index (χ4v) is 3.85. The first kappa shape index (κ1) is 16.4. The SMILES string of the molecule is Cc1ccc2c(oc3ccc(C#N)c(C(C)C)c32)c1-c1cccc[n+]1C. The molecule has 0 aliphatic rings. The summed E-state index contributed by atoms with van der Waals surface area (Å²) in [7, 11) is 2.05. The van der Waals surface area contributed by atoms with Crippen LogP contribution >= 0.6 is 0 Å². The van der Waals surface area contributed by atoms with Gasteiger partial charge in [-0.3, -0.25) is 0 Å². The summed E-state index contributed by atoms with van der Waals surface area (Å²) in [6.07, 6.45) is 2.05. The Labute approximate surface area is 153 Å². The van der Waals surface area contributed by atoms with Crippen LogP contribution in [0, 0.1) is 18.3 Å². The van der Waals surface area contributed by atoms with Crippen molar-refractivity contribution in [1.82, 2.24) is 0 Å². The molecule has 2 aromatic heterocycles. The summed E-state index contributed by atoms with van der Waals surface area (Å²) in [4.78, 5) is 0. The number of nitriles is 1. The number of pyridine rings is 1. The Morgan fingerprint density at radius 1 is 1.08 bits per heavy atom. The van der Waals surface area contributed by atoms with Crippen molar-refractivity contribution < 1.29 is 8.98 Å². The van der Waals surface area contributed by atoms with E-state index in [4.69, 9.17) is 4.42 Å². The van der Waals surface area contributed by atoms with Crippen LogP contribution in [0.1, 0.15) is 36.5 Å². The van der Waals surface area contributed by atoms with Gasteiger partial charge >= 0.3 is 0 Å². The van der Waals surface area contributed by atoms with Crippen LogP contribution in [0.15, 0.2) is 53.1 Å². The molecule has 0 atom stereocenters. The average Bonchev–Trinajstić information content (AvgIpc) is 3.00. The summed E-state index contributed by atoms with van der Waals surface area (Å²) < 4.78 is 8.45. The lowest BCUT2D eigenvalue weighted by Gasteiger charge is -2.09. The third-order valence-electron chi connectivity index (χ3n) is 5.06. The van der Waals surface area contributed by atoms with Gasteiger partial charge in [-0.2, -0.15) is 5.26 Å². The smallest absolute Gasteiger partial charge is 0.216 e. The second-order valence-electron chi connectivity index (χ2n) is 7.10. The Hall–Kier alpha value is -3.12. The molecule has 128 valence electrons. The van der Waals surface area contributed by atoms with Crippen LogP contribution in [0.3, 0.4) is 0 Å². The first-order valence-corrected chi connectivity index (χ1v) is 8.86. The molecule has 4 aromatic rings. The maximum absolute atomic E-state index is 9.57. The molecular formula is C23H21N2O+. The van der Waals surface area contributed by atoms with Gasteiger partial charge in [0.2, 0.25) is 5.69 Å². The zero-order chi connectivity index (χ0) is 18.4. The number of hydrogen-bond acceptors (Lipinski definition) is 2. The van der Waals surface area contributed by atoms with Gasteiger partial charge in [-0.15, -0.1) is 0 Å². The second kappa shape index (κ2) is 6.00. The Bertz CT molecular complexity index is 1190. The zero-order valence-electron chi connectivity index (χ0n) is 15.5. The highest BCUT2D eigenvalue weighted by molar-refractivity contribution is 6.11. The van der Waals surface area contributed by atoms with Gasteiger partial charge in [0.1, 0.15) is 18.2 Å². The van der Waals surface area contributed by atoms with E-state index in [-0.39, 0.29) is 5.92 Å². The number of fused-ring (bicyclic) bond motifs is 3. The fourth-order valence-electron chi connectivity index (χ4n) is 3.85. The van der Waals surface area contributed by atoms with Gasteiger partial charge in [-0.1, -0.05) is 26.0 Å². The molecule has 0 N–H and O–H groups in total.